The maximum Gasteiger partial charge on any atom is 0.245 e. The highest BCUT2D eigenvalue weighted by atomic mass is 16.2. The molecule has 6 nitrogen and oxygen atoms in total. The lowest BCUT2D eigenvalue weighted by molar-refractivity contribution is -0.143. The number of carbonyl (C=O) groups is 3. The van der Waals surface area contributed by atoms with E-state index >= 15 is 0 Å². The molecule has 2 rings (SSSR count). The Kier molecular flexibility index (Phi) is 4.62. The molecular weight excluding hydrogens is 258 g/mol. The second kappa shape index (κ2) is 6.24. The first kappa shape index (κ1) is 14.8. The summed E-state index contributed by atoms with van der Waals surface area (Å²) in [5.74, 6) is -0.0560. The van der Waals surface area contributed by atoms with Crippen LogP contribution in [-0.2, 0) is 14.4 Å². The first-order valence-electron chi connectivity index (χ1n) is 7.32. The van der Waals surface area contributed by atoms with E-state index in [1.807, 2.05) is 0 Å². The number of nitrogens with zero attached hydrogens (tertiary/aromatic N) is 2. The Labute approximate surface area is 119 Å². The first-order valence-corrected chi connectivity index (χ1v) is 7.32. The van der Waals surface area contributed by atoms with Crippen molar-refractivity contribution in [2.75, 3.05) is 19.6 Å². The minimum atomic E-state index is -0.302. The summed E-state index contributed by atoms with van der Waals surface area (Å²) in [5, 5.41) is 2.88. The predicted octanol–water partition coefficient (Wildman–Crippen LogP) is 0.124. The van der Waals surface area contributed by atoms with Gasteiger partial charge in [-0.05, 0) is 25.7 Å². The van der Waals surface area contributed by atoms with Crippen molar-refractivity contribution in [3.05, 3.63) is 0 Å². The van der Waals surface area contributed by atoms with Crippen LogP contribution in [0.5, 0.6) is 0 Å². The van der Waals surface area contributed by atoms with Gasteiger partial charge in [0.1, 0.15) is 6.04 Å². The average Bonchev–Trinajstić information content (AvgIpc) is 2.86. The molecule has 2 saturated heterocycles. The molecule has 0 aromatic carbocycles. The van der Waals surface area contributed by atoms with E-state index in [2.05, 4.69) is 5.32 Å². The zero-order valence-corrected chi connectivity index (χ0v) is 12.2. The van der Waals surface area contributed by atoms with Crippen molar-refractivity contribution >= 4 is 17.7 Å². The number of rotatable bonds is 2. The Morgan fingerprint density at radius 3 is 2.40 bits per heavy atom. The molecule has 2 heterocycles. The zero-order valence-electron chi connectivity index (χ0n) is 12.2. The Balaban J connectivity index is 1.97. The van der Waals surface area contributed by atoms with Crippen molar-refractivity contribution in [2.24, 2.45) is 0 Å². The van der Waals surface area contributed by atoms with Gasteiger partial charge in [0, 0.05) is 39.5 Å². The minimum Gasteiger partial charge on any atom is -0.352 e. The van der Waals surface area contributed by atoms with E-state index in [4.69, 9.17) is 0 Å². The van der Waals surface area contributed by atoms with Gasteiger partial charge < -0.3 is 15.1 Å². The summed E-state index contributed by atoms with van der Waals surface area (Å²) in [7, 11) is 0. The van der Waals surface area contributed by atoms with E-state index in [1.54, 1.807) is 9.80 Å². The van der Waals surface area contributed by atoms with E-state index in [9.17, 15) is 14.4 Å². The van der Waals surface area contributed by atoms with Crippen molar-refractivity contribution in [3.8, 4) is 0 Å². The first-order chi connectivity index (χ1) is 9.49. The zero-order chi connectivity index (χ0) is 14.7. The molecule has 0 aromatic rings. The van der Waals surface area contributed by atoms with Gasteiger partial charge in [0.15, 0.2) is 0 Å². The van der Waals surface area contributed by atoms with Gasteiger partial charge in [0.25, 0.3) is 0 Å². The van der Waals surface area contributed by atoms with Crippen LogP contribution >= 0.6 is 0 Å². The van der Waals surface area contributed by atoms with Crippen LogP contribution < -0.4 is 5.32 Å². The smallest absolute Gasteiger partial charge is 0.245 e. The molecular formula is C14H23N3O3. The largest absolute Gasteiger partial charge is 0.352 e. The van der Waals surface area contributed by atoms with Crippen LogP contribution in [0.15, 0.2) is 0 Å². The summed E-state index contributed by atoms with van der Waals surface area (Å²) >= 11 is 0. The van der Waals surface area contributed by atoms with Gasteiger partial charge in [-0.15, -0.1) is 0 Å². The monoisotopic (exact) mass is 281 g/mol. The Morgan fingerprint density at radius 1 is 1.05 bits per heavy atom. The third kappa shape index (κ3) is 3.29. The summed E-state index contributed by atoms with van der Waals surface area (Å²) < 4.78 is 0. The maximum atomic E-state index is 12.6. The summed E-state index contributed by atoms with van der Waals surface area (Å²) in [5.41, 5.74) is 0. The molecule has 0 bridgehead atoms. The molecule has 0 aromatic heterocycles. The highest BCUT2D eigenvalue weighted by Crippen LogP contribution is 2.21. The van der Waals surface area contributed by atoms with Gasteiger partial charge in [-0.2, -0.15) is 0 Å². The van der Waals surface area contributed by atoms with Crippen molar-refractivity contribution < 1.29 is 14.4 Å². The molecule has 1 N–H and O–H groups in total. The van der Waals surface area contributed by atoms with Gasteiger partial charge in [0.05, 0.1) is 0 Å². The van der Waals surface area contributed by atoms with E-state index in [1.165, 1.54) is 13.8 Å². The molecule has 0 aliphatic carbocycles. The van der Waals surface area contributed by atoms with E-state index in [0.717, 1.165) is 32.2 Å². The highest BCUT2D eigenvalue weighted by Gasteiger charge is 2.36. The summed E-state index contributed by atoms with van der Waals surface area (Å²) in [6.07, 6.45) is 3.44. The SMILES string of the molecule is CC(=O)NC1CCCN(C(=O)C2CCCN2C(C)=O)C1. The Morgan fingerprint density at radius 2 is 1.75 bits per heavy atom. The number of piperidine rings is 1. The fourth-order valence-electron chi connectivity index (χ4n) is 3.19. The lowest BCUT2D eigenvalue weighted by atomic mass is 10.0. The van der Waals surface area contributed by atoms with Crippen LogP contribution in [0.1, 0.15) is 39.5 Å². The minimum absolute atomic E-state index is 0.0312. The van der Waals surface area contributed by atoms with Gasteiger partial charge in [-0.3, -0.25) is 14.4 Å². The van der Waals surface area contributed by atoms with Crippen LogP contribution in [0, 0.1) is 0 Å². The summed E-state index contributed by atoms with van der Waals surface area (Å²) in [6.45, 7) is 4.96. The number of amides is 3. The average molecular weight is 281 g/mol. The molecule has 3 amide bonds. The Hall–Kier alpha value is -1.59. The third-order valence-electron chi connectivity index (χ3n) is 4.08. The molecule has 0 spiro atoms. The van der Waals surface area contributed by atoms with Crippen molar-refractivity contribution in [2.45, 2.75) is 51.6 Å². The van der Waals surface area contributed by atoms with Crippen molar-refractivity contribution in [1.82, 2.24) is 15.1 Å². The van der Waals surface area contributed by atoms with Crippen LogP contribution in [0.3, 0.4) is 0 Å². The number of nitrogens with one attached hydrogen (secondary N) is 1. The van der Waals surface area contributed by atoms with Crippen LogP contribution in [0.25, 0.3) is 0 Å². The molecule has 2 aliphatic rings. The normalized spacial score (nSPS) is 26.5. The molecule has 0 saturated carbocycles. The predicted molar refractivity (Wildman–Crippen MR) is 73.8 cm³/mol. The van der Waals surface area contributed by atoms with E-state index in [-0.39, 0.29) is 29.8 Å². The number of hydrogen-bond donors (Lipinski definition) is 1. The fourth-order valence-corrected chi connectivity index (χ4v) is 3.19. The van der Waals surface area contributed by atoms with Crippen LogP contribution in [0.2, 0.25) is 0 Å². The summed E-state index contributed by atoms with van der Waals surface area (Å²) in [4.78, 5) is 38.7. The molecule has 112 valence electrons. The van der Waals surface area contributed by atoms with Gasteiger partial charge in [0.2, 0.25) is 17.7 Å². The second-order valence-electron chi connectivity index (χ2n) is 5.69. The molecule has 2 aliphatic heterocycles. The lowest BCUT2D eigenvalue weighted by Gasteiger charge is -2.36. The van der Waals surface area contributed by atoms with Crippen LogP contribution in [-0.4, -0.2) is 59.2 Å². The summed E-state index contributed by atoms with van der Waals surface area (Å²) in [6, 6.07) is -0.263. The second-order valence-corrected chi connectivity index (χ2v) is 5.69. The van der Waals surface area contributed by atoms with Gasteiger partial charge >= 0.3 is 0 Å². The van der Waals surface area contributed by atoms with Crippen LogP contribution in [0.4, 0.5) is 0 Å². The van der Waals surface area contributed by atoms with Gasteiger partial charge in [-0.1, -0.05) is 0 Å². The maximum absolute atomic E-state index is 12.6. The molecule has 2 fully saturated rings. The lowest BCUT2D eigenvalue weighted by Crippen LogP contribution is -2.54. The topological polar surface area (TPSA) is 69.7 Å². The number of hydrogen-bond acceptors (Lipinski definition) is 3. The van der Waals surface area contributed by atoms with E-state index < -0.39 is 0 Å². The van der Waals surface area contributed by atoms with E-state index in [0.29, 0.717) is 13.1 Å². The number of likely N-dealkylation sites (tertiary alicyclic amines) is 2. The molecule has 20 heavy (non-hydrogen) atoms. The van der Waals surface area contributed by atoms with Crippen molar-refractivity contribution in [1.29, 1.82) is 0 Å². The molecule has 2 atom stereocenters. The molecule has 0 radical (unpaired) electrons. The third-order valence-corrected chi connectivity index (χ3v) is 4.08. The van der Waals surface area contributed by atoms with Gasteiger partial charge in [-0.25, -0.2) is 0 Å². The highest BCUT2D eigenvalue weighted by molar-refractivity contribution is 5.87. The molecule has 6 heteroatoms. The van der Waals surface area contributed by atoms with Crippen molar-refractivity contribution in [3.63, 3.8) is 0 Å². The number of carbonyl (C=O) groups excluding carboxylic acids is 3. The fraction of sp³-hybridized carbons (Fsp3) is 0.786. The molecule has 2 unspecified atom stereocenters. The quantitative estimate of drug-likeness (QED) is 0.782. The Bertz CT molecular complexity index is 410. The standard InChI is InChI=1S/C14H23N3O3/c1-10(18)15-12-5-3-7-16(9-12)14(20)13-6-4-8-17(13)11(2)19/h12-13H,3-9H2,1-2H3,(H,15,18).